The first kappa shape index (κ1) is 14.7. The molecule has 0 radical (unpaired) electrons. The average molecular weight is 324 g/mol. The monoisotopic (exact) mass is 323 g/mol. The predicted molar refractivity (Wildman–Crippen MR) is 70.8 cm³/mol. The van der Waals surface area contributed by atoms with E-state index in [9.17, 15) is 8.42 Å². The number of imidazole rings is 1. The predicted octanol–water partition coefficient (Wildman–Crippen LogP) is 1.66. The molecule has 0 aliphatic rings. The summed E-state index contributed by atoms with van der Waals surface area (Å²) in [6.45, 7) is 6.86. The highest BCUT2D eigenvalue weighted by Crippen LogP contribution is 2.10. The van der Waals surface area contributed by atoms with Crippen LogP contribution in [0.2, 0.25) is 0 Å². The lowest BCUT2D eigenvalue weighted by Gasteiger charge is -2.05. The van der Waals surface area contributed by atoms with Gasteiger partial charge >= 0.3 is 0 Å². The van der Waals surface area contributed by atoms with Gasteiger partial charge in [-0.2, -0.15) is 0 Å². The van der Waals surface area contributed by atoms with Crippen molar-refractivity contribution in [1.29, 1.82) is 0 Å². The number of rotatable bonds is 6. The average Bonchev–Trinajstić information content (AvgIpc) is 2.59. The van der Waals surface area contributed by atoms with E-state index in [1.54, 1.807) is 6.20 Å². The first-order valence-electron chi connectivity index (χ1n) is 5.54. The summed E-state index contributed by atoms with van der Waals surface area (Å²) in [6.07, 6.45) is 2.53. The molecule has 1 unspecified atom stereocenters. The van der Waals surface area contributed by atoms with Gasteiger partial charge in [-0.1, -0.05) is 29.8 Å². The molecular weight excluding hydrogens is 306 g/mol. The largest absolute Gasteiger partial charge is 0.334 e. The lowest BCUT2D eigenvalue weighted by molar-refractivity contribution is 0.578. The highest BCUT2D eigenvalue weighted by atomic mass is 79.9. The molecule has 7 heteroatoms. The molecule has 1 rings (SSSR count). The summed E-state index contributed by atoms with van der Waals surface area (Å²) in [5.74, 6) is 0.721. The highest BCUT2D eigenvalue weighted by molar-refractivity contribution is 9.09. The van der Waals surface area contributed by atoms with Crippen molar-refractivity contribution in [2.75, 3.05) is 6.54 Å². The number of halogens is 1. The van der Waals surface area contributed by atoms with Crippen LogP contribution in [-0.4, -0.2) is 29.3 Å². The van der Waals surface area contributed by atoms with Crippen LogP contribution in [0.4, 0.5) is 0 Å². The van der Waals surface area contributed by atoms with Gasteiger partial charge in [0, 0.05) is 24.1 Å². The first-order valence-corrected chi connectivity index (χ1v) is 7.94. The number of alkyl halides is 1. The Labute approximate surface area is 111 Å². The van der Waals surface area contributed by atoms with E-state index in [0.717, 1.165) is 18.8 Å². The van der Waals surface area contributed by atoms with Crippen molar-refractivity contribution in [1.82, 2.24) is 14.3 Å². The second kappa shape index (κ2) is 5.97. The van der Waals surface area contributed by atoms with Gasteiger partial charge in [-0.25, -0.2) is 18.1 Å². The normalized spacial score (nSPS) is 13.9. The number of nitrogens with zero attached hydrogens (tertiary/aromatic N) is 2. The van der Waals surface area contributed by atoms with Crippen LogP contribution in [0, 0.1) is 6.92 Å². The first-order chi connectivity index (χ1) is 7.86. The van der Waals surface area contributed by atoms with Gasteiger partial charge in [0.05, 0.1) is 0 Å². The van der Waals surface area contributed by atoms with Gasteiger partial charge < -0.3 is 4.57 Å². The van der Waals surface area contributed by atoms with E-state index < -0.39 is 10.0 Å². The van der Waals surface area contributed by atoms with Crippen LogP contribution >= 0.6 is 15.9 Å². The quantitative estimate of drug-likeness (QED) is 0.810. The van der Waals surface area contributed by atoms with Gasteiger partial charge in [0.25, 0.3) is 10.0 Å². The molecule has 1 N–H and O–H groups in total. The third-order valence-corrected chi connectivity index (χ3v) is 3.87. The Kier molecular flexibility index (Phi) is 5.15. The van der Waals surface area contributed by atoms with E-state index in [-0.39, 0.29) is 9.85 Å². The molecule has 0 spiro atoms. The Morgan fingerprint density at radius 2 is 2.24 bits per heavy atom. The minimum Gasteiger partial charge on any atom is -0.334 e. The van der Waals surface area contributed by atoms with Gasteiger partial charge in [0.15, 0.2) is 5.03 Å². The maximum absolute atomic E-state index is 11.9. The number of aromatic nitrogens is 2. The minimum atomic E-state index is -3.49. The second-order valence-electron chi connectivity index (χ2n) is 3.95. The van der Waals surface area contributed by atoms with Crippen LogP contribution in [0.3, 0.4) is 0 Å². The fourth-order valence-electron chi connectivity index (χ4n) is 1.37. The van der Waals surface area contributed by atoms with Crippen molar-refractivity contribution in [3.8, 4) is 0 Å². The molecule has 0 fully saturated rings. The Morgan fingerprint density at radius 1 is 1.59 bits per heavy atom. The molecule has 0 aliphatic heterocycles. The second-order valence-corrected chi connectivity index (χ2v) is 7.23. The Bertz CT molecular complexity index is 468. The lowest BCUT2D eigenvalue weighted by atomic mass is 10.5. The zero-order valence-electron chi connectivity index (χ0n) is 10.3. The summed E-state index contributed by atoms with van der Waals surface area (Å²) < 4.78 is 28.2. The van der Waals surface area contributed by atoms with E-state index in [1.165, 1.54) is 0 Å². The summed E-state index contributed by atoms with van der Waals surface area (Å²) >= 11 is 3.29. The summed E-state index contributed by atoms with van der Waals surface area (Å²) in [5.41, 5.74) is 0. The zero-order valence-corrected chi connectivity index (χ0v) is 12.7. The smallest absolute Gasteiger partial charge is 0.259 e. The van der Waals surface area contributed by atoms with Crippen LogP contribution < -0.4 is 4.72 Å². The van der Waals surface area contributed by atoms with Crippen molar-refractivity contribution in [2.24, 2.45) is 0 Å². The lowest BCUT2D eigenvalue weighted by Crippen LogP contribution is -2.28. The molecular formula is C10H18BrN3O2S. The van der Waals surface area contributed by atoms with E-state index in [0.29, 0.717) is 6.54 Å². The summed E-state index contributed by atoms with van der Waals surface area (Å²) in [5, 5.41) is 0.0941. The van der Waals surface area contributed by atoms with Crippen molar-refractivity contribution < 1.29 is 8.42 Å². The molecule has 17 heavy (non-hydrogen) atoms. The third kappa shape index (κ3) is 4.08. The molecule has 1 heterocycles. The van der Waals surface area contributed by atoms with Gasteiger partial charge in [0.2, 0.25) is 0 Å². The molecule has 5 nitrogen and oxygen atoms in total. The van der Waals surface area contributed by atoms with Crippen LogP contribution in [0.1, 0.15) is 26.1 Å². The summed E-state index contributed by atoms with van der Waals surface area (Å²) in [4.78, 5) is 4.17. The van der Waals surface area contributed by atoms with E-state index in [2.05, 4.69) is 25.6 Å². The molecule has 1 aromatic rings. The highest BCUT2D eigenvalue weighted by Gasteiger charge is 2.19. The maximum Gasteiger partial charge on any atom is 0.259 e. The van der Waals surface area contributed by atoms with Crippen LogP contribution in [-0.2, 0) is 16.6 Å². The zero-order chi connectivity index (χ0) is 13.1. The fourth-order valence-corrected chi connectivity index (χ4v) is 2.89. The van der Waals surface area contributed by atoms with Gasteiger partial charge in [-0.3, -0.25) is 0 Å². The molecule has 0 bridgehead atoms. The molecule has 0 aliphatic carbocycles. The van der Waals surface area contributed by atoms with Gasteiger partial charge in [-0.15, -0.1) is 0 Å². The Morgan fingerprint density at radius 3 is 2.76 bits per heavy atom. The number of hydrogen-bond donors (Lipinski definition) is 1. The van der Waals surface area contributed by atoms with Crippen LogP contribution in [0.5, 0.6) is 0 Å². The fraction of sp³-hybridized carbons (Fsp3) is 0.700. The molecule has 0 saturated carbocycles. The topological polar surface area (TPSA) is 64.0 Å². The van der Waals surface area contributed by atoms with E-state index >= 15 is 0 Å². The SMILES string of the molecule is CCCn1cc(S(=O)(=O)NCC(C)Br)nc1C. The minimum absolute atomic E-state index is 0.0936. The Hall–Kier alpha value is -0.400. The van der Waals surface area contributed by atoms with Crippen molar-refractivity contribution in [2.45, 2.75) is 43.6 Å². The van der Waals surface area contributed by atoms with E-state index in [1.807, 2.05) is 25.3 Å². The number of hydrogen-bond acceptors (Lipinski definition) is 3. The molecule has 1 atom stereocenters. The molecule has 0 saturated heterocycles. The third-order valence-electron chi connectivity index (χ3n) is 2.25. The van der Waals surface area contributed by atoms with Crippen molar-refractivity contribution >= 4 is 26.0 Å². The number of nitrogens with one attached hydrogen (secondary N) is 1. The van der Waals surface area contributed by atoms with Crippen LogP contribution in [0.25, 0.3) is 0 Å². The maximum atomic E-state index is 11.9. The molecule has 1 aromatic heterocycles. The van der Waals surface area contributed by atoms with Crippen LogP contribution in [0.15, 0.2) is 11.2 Å². The summed E-state index contributed by atoms with van der Waals surface area (Å²) in [7, 11) is -3.49. The van der Waals surface area contributed by atoms with Crippen molar-refractivity contribution in [3.05, 3.63) is 12.0 Å². The molecule has 0 amide bonds. The number of aryl methyl sites for hydroxylation is 2. The standard InChI is InChI=1S/C10H18BrN3O2S/c1-4-5-14-7-10(13-9(14)3)17(15,16)12-6-8(2)11/h7-8,12H,4-6H2,1-3H3. The Balaban J connectivity index is 2.88. The van der Waals surface area contributed by atoms with Gasteiger partial charge in [-0.05, 0) is 13.3 Å². The molecule has 98 valence electrons. The number of sulfonamides is 1. The van der Waals surface area contributed by atoms with E-state index in [4.69, 9.17) is 0 Å². The van der Waals surface area contributed by atoms with Gasteiger partial charge in [0.1, 0.15) is 5.82 Å². The van der Waals surface area contributed by atoms with Crippen molar-refractivity contribution in [3.63, 3.8) is 0 Å². The summed E-state index contributed by atoms with van der Waals surface area (Å²) in [6, 6.07) is 0. The molecule has 0 aromatic carbocycles.